The summed E-state index contributed by atoms with van der Waals surface area (Å²) in [4.78, 5) is 20.5. The molecule has 0 amide bonds. The van der Waals surface area contributed by atoms with E-state index in [0.29, 0.717) is 11.8 Å². The first-order chi connectivity index (χ1) is 12.1. The molecule has 0 bridgehead atoms. The number of nitrogens with zero attached hydrogens (tertiary/aromatic N) is 3. The quantitative estimate of drug-likeness (QED) is 0.499. The lowest BCUT2D eigenvalue weighted by Gasteiger charge is -2.12. The first kappa shape index (κ1) is 18.3. The molecule has 26 heavy (non-hydrogen) atoms. The van der Waals surface area contributed by atoms with E-state index in [4.69, 9.17) is 0 Å². The van der Waals surface area contributed by atoms with Crippen molar-refractivity contribution >= 4 is 27.5 Å². The summed E-state index contributed by atoms with van der Waals surface area (Å²) in [6.07, 6.45) is -2.55. The van der Waals surface area contributed by atoms with Gasteiger partial charge in [0.05, 0.1) is 21.9 Å². The number of alkyl halides is 3. The van der Waals surface area contributed by atoms with Crippen LogP contribution < -0.4 is 0 Å². The summed E-state index contributed by atoms with van der Waals surface area (Å²) in [6, 6.07) is 1.63. The summed E-state index contributed by atoms with van der Waals surface area (Å²) >= 11 is 2.82. The Balaban J connectivity index is 2.19. The predicted molar refractivity (Wildman–Crippen MR) is 86.6 cm³/mol. The second-order valence-corrected chi connectivity index (χ2v) is 6.24. The highest BCUT2D eigenvalue weighted by Crippen LogP contribution is 2.40. The van der Waals surface area contributed by atoms with Crippen LogP contribution >= 0.6 is 15.9 Å². The topological polar surface area (TPSA) is 67.5 Å². The van der Waals surface area contributed by atoms with Crippen molar-refractivity contribution in [3.05, 3.63) is 57.3 Å². The number of aromatic nitrogens is 3. The zero-order valence-electron chi connectivity index (χ0n) is 13.1. The molecule has 0 aliphatic heterocycles. The van der Waals surface area contributed by atoms with Crippen LogP contribution in [0.4, 0.5) is 17.6 Å². The van der Waals surface area contributed by atoms with E-state index in [1.807, 2.05) is 0 Å². The second-order valence-electron chi connectivity index (χ2n) is 5.38. The number of phenols is 1. The molecular formula is C16H10BrF4N3O2. The van der Waals surface area contributed by atoms with Crippen LogP contribution in [0.3, 0.4) is 0 Å². The Morgan fingerprint density at radius 2 is 2.04 bits per heavy atom. The Kier molecular flexibility index (Phi) is 4.47. The predicted octanol–water partition coefficient (Wildman–Crippen LogP) is 4.15. The summed E-state index contributed by atoms with van der Waals surface area (Å²) in [7, 11) is 0. The molecule has 0 unspecified atom stereocenters. The van der Waals surface area contributed by atoms with Crippen LogP contribution in [-0.2, 0) is 12.6 Å². The van der Waals surface area contributed by atoms with Gasteiger partial charge in [-0.05, 0) is 34.5 Å². The van der Waals surface area contributed by atoms with E-state index in [2.05, 4.69) is 25.9 Å². The summed E-state index contributed by atoms with van der Waals surface area (Å²) in [5.74, 6) is -2.39. The zero-order chi connectivity index (χ0) is 19.2. The molecule has 0 saturated carbocycles. The maximum Gasteiger partial charge on any atom is 0.420 e. The van der Waals surface area contributed by atoms with Crippen molar-refractivity contribution in [1.82, 2.24) is 14.4 Å². The van der Waals surface area contributed by atoms with Gasteiger partial charge in [0.15, 0.2) is 5.82 Å². The Labute approximate surface area is 152 Å². The largest absolute Gasteiger partial charge is 0.506 e. The van der Waals surface area contributed by atoms with Crippen molar-refractivity contribution < 1.29 is 27.5 Å². The van der Waals surface area contributed by atoms with Gasteiger partial charge in [-0.2, -0.15) is 13.2 Å². The number of ketones is 1. The van der Waals surface area contributed by atoms with Crippen LogP contribution in [0, 0.1) is 5.82 Å². The lowest BCUT2D eigenvalue weighted by Crippen LogP contribution is -2.11. The molecule has 0 radical (unpaired) electrons. The molecule has 3 aromatic rings. The average Bonchev–Trinajstić information content (AvgIpc) is 2.92. The fraction of sp³-hybridized carbons (Fsp3) is 0.188. The molecule has 2 heterocycles. The van der Waals surface area contributed by atoms with E-state index in [1.165, 1.54) is 4.40 Å². The smallest absolute Gasteiger partial charge is 0.420 e. The van der Waals surface area contributed by atoms with Crippen LogP contribution in [0.1, 0.15) is 34.2 Å². The van der Waals surface area contributed by atoms with Gasteiger partial charge in [-0.1, -0.05) is 6.92 Å². The molecular weight excluding hydrogens is 422 g/mol. The molecule has 0 aliphatic rings. The number of rotatable bonds is 3. The van der Waals surface area contributed by atoms with E-state index in [0.717, 1.165) is 18.5 Å². The summed E-state index contributed by atoms with van der Waals surface area (Å²) in [5, 5.41) is 9.61. The zero-order valence-corrected chi connectivity index (χ0v) is 14.7. The molecule has 0 atom stereocenters. The van der Waals surface area contributed by atoms with Crippen molar-refractivity contribution in [3.63, 3.8) is 0 Å². The Morgan fingerprint density at radius 3 is 2.65 bits per heavy atom. The van der Waals surface area contributed by atoms with Gasteiger partial charge in [0.2, 0.25) is 11.6 Å². The summed E-state index contributed by atoms with van der Waals surface area (Å²) < 4.78 is 53.6. The van der Waals surface area contributed by atoms with Crippen molar-refractivity contribution in [2.45, 2.75) is 19.5 Å². The van der Waals surface area contributed by atoms with Gasteiger partial charge < -0.3 is 5.11 Å². The van der Waals surface area contributed by atoms with Crippen LogP contribution in [0.25, 0.3) is 5.78 Å². The van der Waals surface area contributed by atoms with Crippen LogP contribution in [0.2, 0.25) is 0 Å². The fourth-order valence-corrected chi connectivity index (χ4v) is 3.02. The third kappa shape index (κ3) is 3.05. The molecule has 0 saturated heterocycles. The monoisotopic (exact) mass is 431 g/mol. The number of carbonyl (C=O) groups is 1. The van der Waals surface area contributed by atoms with Gasteiger partial charge in [0, 0.05) is 11.8 Å². The number of aryl methyl sites for hydroxylation is 1. The standard InChI is InChI=1S/C16H10BrF4N3O2/c1-2-11-12(23-15-22-5-8(18)6-24(11)15)13(25)7-3-9(16(19,20)21)14(26)10(17)4-7/h3-6,26H,2H2,1H3. The highest BCUT2D eigenvalue weighted by Gasteiger charge is 2.36. The highest BCUT2D eigenvalue weighted by atomic mass is 79.9. The van der Waals surface area contributed by atoms with E-state index in [9.17, 15) is 27.5 Å². The Hall–Kier alpha value is -2.49. The molecule has 5 nitrogen and oxygen atoms in total. The number of hydrogen-bond acceptors (Lipinski definition) is 4. The van der Waals surface area contributed by atoms with Gasteiger partial charge >= 0.3 is 6.18 Å². The molecule has 0 fully saturated rings. The molecule has 1 aromatic carbocycles. The number of imidazole rings is 1. The van der Waals surface area contributed by atoms with Crippen molar-refractivity contribution in [2.75, 3.05) is 0 Å². The molecule has 2 aromatic heterocycles. The third-order valence-corrected chi connectivity index (χ3v) is 4.33. The molecule has 3 rings (SSSR count). The van der Waals surface area contributed by atoms with E-state index < -0.39 is 29.1 Å². The van der Waals surface area contributed by atoms with Crippen molar-refractivity contribution in [1.29, 1.82) is 0 Å². The Bertz CT molecular complexity index is 1030. The summed E-state index contributed by atoms with van der Waals surface area (Å²) in [6.45, 7) is 1.69. The maximum atomic E-state index is 13.4. The summed E-state index contributed by atoms with van der Waals surface area (Å²) in [5.41, 5.74) is -1.48. The van der Waals surface area contributed by atoms with E-state index in [1.54, 1.807) is 6.92 Å². The normalized spacial score (nSPS) is 11.9. The molecule has 0 aliphatic carbocycles. The van der Waals surface area contributed by atoms with Gasteiger partial charge in [-0.3, -0.25) is 9.20 Å². The molecule has 10 heteroatoms. The minimum Gasteiger partial charge on any atom is -0.506 e. The molecule has 0 spiro atoms. The third-order valence-electron chi connectivity index (χ3n) is 3.73. The highest BCUT2D eigenvalue weighted by molar-refractivity contribution is 9.10. The number of phenolic OH excluding ortho intramolecular Hbond substituents is 1. The number of carbonyl (C=O) groups excluding carboxylic acids is 1. The van der Waals surface area contributed by atoms with Gasteiger partial charge in [-0.15, -0.1) is 0 Å². The maximum absolute atomic E-state index is 13.4. The van der Waals surface area contributed by atoms with Crippen molar-refractivity contribution in [3.8, 4) is 5.75 Å². The van der Waals surface area contributed by atoms with Crippen LogP contribution in [-0.4, -0.2) is 25.3 Å². The Morgan fingerprint density at radius 1 is 1.35 bits per heavy atom. The van der Waals surface area contributed by atoms with Gasteiger partial charge in [-0.25, -0.2) is 14.4 Å². The minimum absolute atomic E-state index is 0.0560. The number of benzene rings is 1. The number of halogens is 5. The van der Waals surface area contributed by atoms with E-state index >= 15 is 0 Å². The van der Waals surface area contributed by atoms with Gasteiger partial charge in [0.25, 0.3) is 0 Å². The van der Waals surface area contributed by atoms with Crippen LogP contribution in [0.5, 0.6) is 5.75 Å². The first-order valence-electron chi connectivity index (χ1n) is 7.30. The van der Waals surface area contributed by atoms with Crippen LogP contribution in [0.15, 0.2) is 29.0 Å². The minimum atomic E-state index is -4.85. The SMILES string of the molecule is CCc1c(C(=O)c2cc(Br)c(O)c(C(F)(F)F)c2)nc2ncc(F)cn12. The fourth-order valence-electron chi connectivity index (χ4n) is 2.56. The second kappa shape index (κ2) is 6.35. The van der Waals surface area contributed by atoms with Crippen molar-refractivity contribution in [2.24, 2.45) is 0 Å². The lowest BCUT2D eigenvalue weighted by molar-refractivity contribution is -0.138. The average molecular weight is 432 g/mol. The van der Waals surface area contributed by atoms with E-state index in [-0.39, 0.29) is 27.9 Å². The molecule has 1 N–H and O–H groups in total. The van der Waals surface area contributed by atoms with Gasteiger partial charge in [0.1, 0.15) is 11.4 Å². The lowest BCUT2D eigenvalue weighted by atomic mass is 10.0. The first-order valence-corrected chi connectivity index (χ1v) is 8.09. The number of fused-ring (bicyclic) bond motifs is 1. The molecule has 136 valence electrons. The number of aromatic hydroxyl groups is 1. The number of hydrogen-bond donors (Lipinski definition) is 1.